The second-order valence-corrected chi connectivity index (χ2v) is 11.6. The number of fused-ring (bicyclic) bond motifs is 2. The van der Waals surface area contributed by atoms with Gasteiger partial charge in [-0.2, -0.15) is 0 Å². The first-order valence-electron chi connectivity index (χ1n) is 11.8. The second kappa shape index (κ2) is 8.66. The molecule has 0 saturated carbocycles. The van der Waals surface area contributed by atoms with Gasteiger partial charge in [0.25, 0.3) is 0 Å². The van der Waals surface area contributed by atoms with Crippen molar-refractivity contribution in [1.29, 1.82) is 0 Å². The fourth-order valence-electron chi connectivity index (χ4n) is 5.38. The second-order valence-electron chi connectivity index (χ2n) is 9.64. The third-order valence-electron chi connectivity index (χ3n) is 7.13. The average molecular weight is 500 g/mol. The van der Waals surface area contributed by atoms with E-state index in [2.05, 4.69) is 26.0 Å². The fraction of sp³-hybridized carbons (Fsp3) is 0.545. The van der Waals surface area contributed by atoms with Gasteiger partial charge in [-0.1, -0.05) is 0 Å². The van der Waals surface area contributed by atoms with Gasteiger partial charge < -0.3 is 19.8 Å². The van der Waals surface area contributed by atoms with Crippen LogP contribution in [-0.2, 0) is 21.3 Å². The highest BCUT2D eigenvalue weighted by atomic mass is 32.2. The van der Waals surface area contributed by atoms with Gasteiger partial charge in [-0.15, -0.1) is 0 Å². The molecule has 6 heterocycles. The first-order valence-corrected chi connectivity index (χ1v) is 13.6. The predicted molar refractivity (Wildman–Crippen MR) is 130 cm³/mol. The van der Waals surface area contributed by atoms with E-state index in [0.717, 1.165) is 61.1 Å². The molecule has 12 nitrogen and oxygen atoms in total. The minimum Gasteiger partial charge on any atom is -0.378 e. The van der Waals surface area contributed by atoms with Crippen LogP contribution in [0.25, 0.3) is 16.9 Å². The van der Waals surface area contributed by atoms with Crippen LogP contribution >= 0.6 is 0 Å². The van der Waals surface area contributed by atoms with Gasteiger partial charge in [0.2, 0.25) is 16.0 Å². The maximum atomic E-state index is 11.9. The molecule has 3 saturated heterocycles. The van der Waals surface area contributed by atoms with Crippen LogP contribution in [0.5, 0.6) is 0 Å². The number of likely N-dealkylation sites (tertiary alicyclic amines) is 1. The van der Waals surface area contributed by atoms with Crippen LogP contribution in [0.15, 0.2) is 24.8 Å². The van der Waals surface area contributed by atoms with E-state index < -0.39 is 10.0 Å². The summed E-state index contributed by atoms with van der Waals surface area (Å²) in [6.07, 6.45) is 8.67. The van der Waals surface area contributed by atoms with Gasteiger partial charge in [0, 0.05) is 76.2 Å². The minimum atomic E-state index is -3.12. The number of sulfonamides is 1. The lowest BCUT2D eigenvalue weighted by molar-refractivity contribution is 0.122. The van der Waals surface area contributed by atoms with Crippen molar-refractivity contribution >= 4 is 27.4 Å². The maximum absolute atomic E-state index is 11.9. The largest absolute Gasteiger partial charge is 0.378 e. The van der Waals surface area contributed by atoms with Crippen LogP contribution in [0.3, 0.4) is 0 Å². The van der Waals surface area contributed by atoms with E-state index in [1.165, 1.54) is 6.26 Å². The smallest absolute Gasteiger partial charge is 0.219 e. The summed E-state index contributed by atoms with van der Waals surface area (Å²) in [5.41, 5.74) is 8.98. The zero-order valence-electron chi connectivity index (χ0n) is 19.6. The van der Waals surface area contributed by atoms with Crippen LogP contribution in [0.2, 0.25) is 0 Å². The monoisotopic (exact) mass is 499 g/mol. The highest BCUT2D eigenvalue weighted by molar-refractivity contribution is 7.88. The number of nitrogen functional groups attached to an aromatic ring is 1. The summed E-state index contributed by atoms with van der Waals surface area (Å²) in [7, 11) is -3.12. The Balaban J connectivity index is 1.27. The lowest BCUT2D eigenvalue weighted by atomic mass is 10.0. The molecule has 2 unspecified atom stereocenters. The molecule has 3 aromatic heterocycles. The lowest BCUT2D eigenvalue weighted by Gasteiger charge is -2.28. The molecular formula is C22H29N9O3S. The molecule has 3 fully saturated rings. The number of morpholine rings is 1. The van der Waals surface area contributed by atoms with Crippen molar-refractivity contribution in [3.63, 3.8) is 0 Å². The van der Waals surface area contributed by atoms with Gasteiger partial charge in [0.15, 0.2) is 11.5 Å². The molecule has 6 rings (SSSR count). The first-order chi connectivity index (χ1) is 16.8. The number of ether oxygens (including phenoxy) is 1. The van der Waals surface area contributed by atoms with Crippen LogP contribution < -0.4 is 10.6 Å². The van der Waals surface area contributed by atoms with Gasteiger partial charge in [-0.3, -0.25) is 4.90 Å². The molecule has 0 aromatic carbocycles. The Morgan fingerprint density at radius 3 is 2.37 bits per heavy atom. The number of nitrogens with zero attached hydrogens (tertiary/aromatic N) is 8. The summed E-state index contributed by atoms with van der Waals surface area (Å²) >= 11 is 0. The molecule has 35 heavy (non-hydrogen) atoms. The van der Waals surface area contributed by atoms with Gasteiger partial charge in [0.1, 0.15) is 0 Å². The number of imidazole rings is 1. The average Bonchev–Trinajstić information content (AvgIpc) is 3.52. The van der Waals surface area contributed by atoms with E-state index in [0.29, 0.717) is 38.1 Å². The van der Waals surface area contributed by atoms with E-state index in [9.17, 15) is 8.42 Å². The van der Waals surface area contributed by atoms with Gasteiger partial charge in [0.05, 0.1) is 30.9 Å². The van der Waals surface area contributed by atoms with Gasteiger partial charge >= 0.3 is 0 Å². The van der Waals surface area contributed by atoms with Crippen LogP contribution in [0, 0.1) is 11.8 Å². The number of rotatable bonds is 5. The van der Waals surface area contributed by atoms with Crippen molar-refractivity contribution in [1.82, 2.24) is 33.5 Å². The molecular weight excluding hydrogens is 470 g/mol. The van der Waals surface area contributed by atoms with E-state index in [4.69, 9.17) is 20.4 Å². The van der Waals surface area contributed by atoms with E-state index >= 15 is 0 Å². The molecule has 13 heteroatoms. The predicted octanol–water partition coefficient (Wildman–Crippen LogP) is -0.0717. The Kier molecular flexibility index (Phi) is 5.59. The van der Waals surface area contributed by atoms with Crippen molar-refractivity contribution in [3.8, 4) is 11.3 Å². The Labute approximate surface area is 203 Å². The summed E-state index contributed by atoms with van der Waals surface area (Å²) < 4.78 is 33.0. The van der Waals surface area contributed by atoms with Crippen LogP contribution in [-0.4, -0.2) is 101 Å². The van der Waals surface area contributed by atoms with Crippen LogP contribution in [0.4, 0.5) is 11.8 Å². The Bertz CT molecular complexity index is 1320. The normalized spacial score (nSPS) is 23.9. The minimum absolute atomic E-state index is 0.225. The molecule has 0 radical (unpaired) electrons. The number of hydrogen-bond acceptors (Lipinski definition) is 10. The molecule has 3 aliphatic heterocycles. The Morgan fingerprint density at radius 2 is 1.71 bits per heavy atom. The molecule has 186 valence electrons. The standard InChI is InChI=1S/C22H29N9O3S/c1-35(32,33)31-10-16-8-28(9-17(16)11-31)12-18-13-30-14-19(15-6-24-22(23)25-7-15)27-21(20(30)26-18)29-2-4-34-5-3-29/h6-7,13-14,16-17H,2-5,8-12H2,1H3,(H2,23,24,25). The van der Waals surface area contributed by atoms with E-state index in [-0.39, 0.29) is 5.95 Å². The number of anilines is 2. The SMILES string of the molecule is CS(=O)(=O)N1CC2CN(Cc3cn4cc(-c5cnc(N)nc5)nc(N5CCOCC5)c4n3)CC2C1. The zero-order valence-corrected chi connectivity index (χ0v) is 20.4. The van der Waals surface area contributed by atoms with Crippen molar-refractivity contribution in [2.24, 2.45) is 11.8 Å². The van der Waals surface area contributed by atoms with Gasteiger partial charge in [-0.25, -0.2) is 32.7 Å². The molecule has 2 N–H and O–H groups in total. The summed E-state index contributed by atoms with van der Waals surface area (Å²) in [5.74, 6) is 1.80. The topological polar surface area (TPSA) is 135 Å². The molecule has 3 aromatic rings. The quantitative estimate of drug-likeness (QED) is 0.508. The van der Waals surface area contributed by atoms with Crippen molar-refractivity contribution in [3.05, 3.63) is 30.5 Å². The fourth-order valence-corrected chi connectivity index (χ4v) is 6.31. The molecule has 0 amide bonds. The van der Waals surface area contributed by atoms with Gasteiger partial charge in [-0.05, 0) is 11.8 Å². The number of aromatic nitrogens is 5. The highest BCUT2D eigenvalue weighted by Crippen LogP contribution is 2.33. The van der Waals surface area contributed by atoms with E-state index in [1.807, 2.05) is 10.6 Å². The Hall–Kier alpha value is -2.87. The summed E-state index contributed by atoms with van der Waals surface area (Å²) in [4.78, 5) is 22.7. The number of nitrogens with two attached hydrogens (primary N) is 1. The zero-order chi connectivity index (χ0) is 24.2. The van der Waals surface area contributed by atoms with Crippen LogP contribution in [0.1, 0.15) is 5.69 Å². The van der Waals surface area contributed by atoms with Crippen molar-refractivity contribution in [2.45, 2.75) is 6.54 Å². The third-order valence-corrected chi connectivity index (χ3v) is 8.37. The maximum Gasteiger partial charge on any atom is 0.219 e. The molecule has 2 atom stereocenters. The lowest BCUT2D eigenvalue weighted by Crippen LogP contribution is -2.37. The summed E-state index contributed by atoms with van der Waals surface area (Å²) in [6.45, 7) is 6.51. The summed E-state index contributed by atoms with van der Waals surface area (Å²) in [6, 6.07) is 0. The first kappa shape index (κ1) is 22.6. The molecule has 0 spiro atoms. The van der Waals surface area contributed by atoms with E-state index in [1.54, 1.807) is 16.7 Å². The van der Waals surface area contributed by atoms with Crippen molar-refractivity contribution < 1.29 is 13.2 Å². The number of hydrogen-bond donors (Lipinski definition) is 1. The molecule has 0 aliphatic carbocycles. The third kappa shape index (κ3) is 4.44. The molecule has 3 aliphatic rings. The highest BCUT2D eigenvalue weighted by Gasteiger charge is 2.42. The summed E-state index contributed by atoms with van der Waals surface area (Å²) in [5, 5.41) is 0. The van der Waals surface area contributed by atoms with Crippen molar-refractivity contribution in [2.75, 3.05) is 69.4 Å². The Morgan fingerprint density at radius 1 is 1.03 bits per heavy atom. The molecule has 0 bridgehead atoms.